The van der Waals surface area contributed by atoms with E-state index in [-0.39, 0.29) is 11.6 Å². The number of rotatable bonds is 4. The van der Waals surface area contributed by atoms with Crippen LogP contribution >= 0.6 is 11.6 Å². The van der Waals surface area contributed by atoms with Gasteiger partial charge in [-0.3, -0.25) is 9.98 Å². The first-order chi connectivity index (χ1) is 15.5. The summed E-state index contributed by atoms with van der Waals surface area (Å²) in [6.45, 7) is 0.418. The second-order valence-electron chi connectivity index (χ2n) is 6.92. The Hall–Kier alpha value is -3.91. The molecule has 0 fully saturated rings. The van der Waals surface area contributed by atoms with Gasteiger partial charge in [-0.25, -0.2) is 19.2 Å². The maximum Gasteiger partial charge on any atom is 0.360 e. The summed E-state index contributed by atoms with van der Waals surface area (Å²) in [4.78, 5) is 29.3. The smallest absolute Gasteiger partial charge is 0.360 e. The van der Waals surface area contributed by atoms with Crippen LogP contribution in [0.5, 0.6) is 0 Å². The molecule has 3 aromatic heterocycles. The first kappa shape index (κ1) is 20.0. The van der Waals surface area contributed by atoms with Gasteiger partial charge in [-0.15, -0.1) is 0 Å². The predicted molar refractivity (Wildman–Crippen MR) is 117 cm³/mol. The van der Waals surface area contributed by atoms with E-state index in [1.807, 2.05) is 18.2 Å². The highest BCUT2D eigenvalue weighted by Crippen LogP contribution is 2.28. The van der Waals surface area contributed by atoms with Gasteiger partial charge in [0, 0.05) is 22.4 Å². The number of pyridine rings is 2. The van der Waals surface area contributed by atoms with Crippen LogP contribution in [0, 0.1) is 5.82 Å². The van der Waals surface area contributed by atoms with Crippen molar-refractivity contribution in [1.82, 2.24) is 15.0 Å². The molecule has 0 atom stereocenters. The summed E-state index contributed by atoms with van der Waals surface area (Å²) in [5.41, 5.74) is 4.00. The Kier molecular flexibility index (Phi) is 4.99. The summed E-state index contributed by atoms with van der Waals surface area (Å²) in [6, 6.07) is 9.75. The van der Waals surface area contributed by atoms with E-state index in [1.54, 1.807) is 18.3 Å². The number of nitrogens with zero attached hydrogens (tertiary/aromatic N) is 4. The van der Waals surface area contributed by atoms with E-state index in [2.05, 4.69) is 19.7 Å². The lowest BCUT2D eigenvalue weighted by Crippen LogP contribution is -2.06. The van der Waals surface area contributed by atoms with Crippen molar-refractivity contribution in [1.29, 1.82) is 0 Å². The van der Waals surface area contributed by atoms with Crippen molar-refractivity contribution in [3.8, 4) is 11.5 Å². The van der Waals surface area contributed by atoms with Gasteiger partial charge in [-0.2, -0.15) is 0 Å². The largest absolute Gasteiger partial charge is 0.464 e. The molecule has 0 spiro atoms. The topological polar surface area (TPSA) is 90.5 Å². The fraction of sp³-hybridized carbons (Fsp3) is 0.0870. The molecule has 32 heavy (non-hydrogen) atoms. The first-order valence-electron chi connectivity index (χ1n) is 9.55. The zero-order valence-corrected chi connectivity index (χ0v) is 17.4. The number of fused-ring (bicyclic) bond motifs is 1. The average molecular weight is 449 g/mol. The predicted octanol–water partition coefficient (Wildman–Crippen LogP) is 4.75. The molecule has 0 radical (unpaired) electrons. The number of carbonyl (C=O) groups is 1. The van der Waals surface area contributed by atoms with Gasteiger partial charge < -0.3 is 9.15 Å². The van der Waals surface area contributed by atoms with Crippen LogP contribution in [0.3, 0.4) is 0 Å². The van der Waals surface area contributed by atoms with Gasteiger partial charge in [0.1, 0.15) is 12.1 Å². The van der Waals surface area contributed by atoms with Crippen molar-refractivity contribution in [3.05, 3.63) is 82.7 Å². The van der Waals surface area contributed by atoms with E-state index < -0.39 is 11.8 Å². The highest BCUT2D eigenvalue weighted by molar-refractivity contribution is 6.35. The van der Waals surface area contributed by atoms with Gasteiger partial charge in [-0.05, 0) is 36.4 Å². The third-order valence-corrected chi connectivity index (χ3v) is 5.18. The van der Waals surface area contributed by atoms with Gasteiger partial charge in [0.25, 0.3) is 0 Å². The number of methoxy groups -OCH3 is 1. The number of aromatic nitrogens is 3. The monoisotopic (exact) mass is 448 g/mol. The van der Waals surface area contributed by atoms with Crippen molar-refractivity contribution in [3.63, 3.8) is 0 Å². The Morgan fingerprint density at radius 3 is 2.88 bits per heavy atom. The molecule has 158 valence electrons. The average Bonchev–Trinajstić information content (AvgIpc) is 3.49. The van der Waals surface area contributed by atoms with E-state index in [1.165, 1.54) is 25.5 Å². The Morgan fingerprint density at radius 2 is 2.03 bits per heavy atom. The zero-order chi connectivity index (χ0) is 22.2. The second kappa shape index (κ2) is 7.97. The van der Waals surface area contributed by atoms with Gasteiger partial charge in [0.2, 0.25) is 5.89 Å². The zero-order valence-electron chi connectivity index (χ0n) is 16.7. The molecule has 7 nitrogen and oxygen atoms in total. The lowest BCUT2D eigenvalue weighted by molar-refractivity contribution is 0.0594. The summed E-state index contributed by atoms with van der Waals surface area (Å²) in [6.07, 6.45) is 4.69. The lowest BCUT2D eigenvalue weighted by Gasteiger charge is -2.10. The van der Waals surface area contributed by atoms with Gasteiger partial charge >= 0.3 is 5.97 Å². The van der Waals surface area contributed by atoms with Crippen LogP contribution in [0.4, 0.5) is 4.39 Å². The summed E-state index contributed by atoms with van der Waals surface area (Å²) in [7, 11) is 1.27. The number of hydrogen-bond donors (Lipinski definition) is 0. The Balaban J connectivity index is 1.53. The number of ether oxygens (including phenoxy) is 1. The number of halogens is 2. The van der Waals surface area contributed by atoms with Crippen LogP contribution in [-0.2, 0) is 4.74 Å². The number of esters is 1. The molecule has 0 amide bonds. The molecule has 4 heterocycles. The number of carbonyl (C=O) groups excluding carboxylic acids is 1. The van der Waals surface area contributed by atoms with Crippen LogP contribution < -0.4 is 0 Å². The number of aliphatic imine (C=N–C) groups is 1. The molecule has 1 aliphatic rings. The van der Waals surface area contributed by atoms with Crippen LogP contribution in [0.25, 0.3) is 28.1 Å². The molecule has 1 aliphatic heterocycles. The van der Waals surface area contributed by atoms with Crippen LogP contribution in [0.2, 0.25) is 5.02 Å². The van der Waals surface area contributed by atoms with Crippen molar-refractivity contribution in [2.24, 2.45) is 4.99 Å². The van der Waals surface area contributed by atoms with E-state index in [4.69, 9.17) is 21.0 Å². The van der Waals surface area contributed by atoms with Crippen molar-refractivity contribution >= 4 is 39.9 Å². The Bertz CT molecular complexity index is 1440. The van der Waals surface area contributed by atoms with Gasteiger partial charge in [-0.1, -0.05) is 17.7 Å². The molecule has 0 N–H and O–H groups in total. The molecule has 1 aromatic carbocycles. The summed E-state index contributed by atoms with van der Waals surface area (Å²) < 4.78 is 24.5. The number of allylic oxidation sites excluding steroid dienone is 1. The fourth-order valence-corrected chi connectivity index (χ4v) is 3.60. The van der Waals surface area contributed by atoms with Gasteiger partial charge in [0.05, 0.1) is 41.7 Å². The first-order valence-corrected chi connectivity index (χ1v) is 9.93. The van der Waals surface area contributed by atoms with Crippen molar-refractivity contribution in [2.75, 3.05) is 13.7 Å². The summed E-state index contributed by atoms with van der Waals surface area (Å²) >= 11 is 6.06. The Morgan fingerprint density at radius 1 is 1.16 bits per heavy atom. The minimum Gasteiger partial charge on any atom is -0.464 e. The molecule has 9 heteroatoms. The normalized spacial score (nSPS) is 13.2. The fourth-order valence-electron chi connectivity index (χ4n) is 3.42. The molecule has 0 unspecified atom stereocenters. The maximum atomic E-state index is 14.4. The quantitative estimate of drug-likeness (QED) is 0.418. The lowest BCUT2D eigenvalue weighted by atomic mass is 9.99. The van der Waals surface area contributed by atoms with Crippen molar-refractivity contribution < 1.29 is 18.3 Å². The third-order valence-electron chi connectivity index (χ3n) is 4.94. The minimum atomic E-state index is -0.595. The Labute approximate surface area is 186 Å². The van der Waals surface area contributed by atoms with Crippen LogP contribution in [0.1, 0.15) is 21.7 Å². The summed E-state index contributed by atoms with van der Waals surface area (Å²) in [5.74, 6) is -0.784. The molecule has 4 aromatic rings. The maximum absolute atomic E-state index is 14.4. The van der Waals surface area contributed by atoms with Crippen molar-refractivity contribution in [2.45, 2.75) is 0 Å². The van der Waals surface area contributed by atoms with Crippen LogP contribution in [0.15, 0.2) is 64.3 Å². The number of oxazole rings is 1. The molecule has 0 bridgehead atoms. The molecule has 0 saturated carbocycles. The van der Waals surface area contributed by atoms with E-state index in [9.17, 15) is 9.18 Å². The van der Waals surface area contributed by atoms with E-state index in [0.717, 1.165) is 0 Å². The molecule has 5 rings (SSSR count). The molecule has 0 aliphatic carbocycles. The SMILES string of the molecule is COC(=O)c1coc(-c2cnc3ccc(C4=CCN=C4c4cc(Cl)ccc4F)nc3c2)n1. The van der Waals surface area contributed by atoms with E-state index in [0.29, 0.717) is 50.7 Å². The highest BCUT2D eigenvalue weighted by atomic mass is 35.5. The number of hydrogen-bond acceptors (Lipinski definition) is 7. The molecule has 0 saturated heterocycles. The molecular weight excluding hydrogens is 435 g/mol. The van der Waals surface area contributed by atoms with Gasteiger partial charge in [0.15, 0.2) is 5.69 Å². The minimum absolute atomic E-state index is 0.0600. The highest BCUT2D eigenvalue weighted by Gasteiger charge is 2.21. The number of benzene rings is 1. The van der Waals surface area contributed by atoms with E-state index >= 15 is 0 Å². The summed E-state index contributed by atoms with van der Waals surface area (Å²) in [5, 5.41) is 0.424. The second-order valence-corrected chi connectivity index (χ2v) is 7.36. The standard InChI is InChI=1S/C23H14ClFN4O3/c1-31-23(30)20-11-32-22(29-20)12-8-19-18(27-10-12)5-4-17(28-19)14-6-7-26-21(14)15-9-13(24)2-3-16(15)25/h2-6,8-11H,7H2,1H3. The van der Waals surface area contributed by atoms with Crippen LogP contribution in [-0.4, -0.2) is 40.3 Å². The third kappa shape index (κ3) is 3.54. The molecular formula is C23H14ClFN4O3.